The minimum atomic E-state index is -0.957. The number of anilines is 2. The third-order valence-electron chi connectivity index (χ3n) is 7.15. The Morgan fingerprint density at radius 1 is 1.16 bits per heavy atom. The van der Waals surface area contributed by atoms with Gasteiger partial charge in [-0.3, -0.25) is 9.59 Å². The van der Waals surface area contributed by atoms with Crippen LogP contribution in [0.5, 0.6) is 0 Å². The molecule has 1 aromatic carbocycles. The molecule has 190 valence electrons. The first-order valence-corrected chi connectivity index (χ1v) is 12.5. The number of hydrogen-bond acceptors (Lipinski definition) is 8. The molecule has 1 fully saturated rings. The number of carbonyl (C=O) groups is 1. The largest absolute Gasteiger partial charge is 0.468 e. The fraction of sp³-hybridized carbons (Fsp3) is 0.370. The number of nitrogens with one attached hydrogen (secondary N) is 2. The van der Waals surface area contributed by atoms with Gasteiger partial charge >= 0.3 is 5.97 Å². The van der Waals surface area contributed by atoms with E-state index in [1.54, 1.807) is 35.5 Å². The van der Waals surface area contributed by atoms with Gasteiger partial charge in [0, 0.05) is 18.4 Å². The van der Waals surface area contributed by atoms with E-state index in [4.69, 9.17) is 14.7 Å². The van der Waals surface area contributed by atoms with Crippen LogP contribution >= 0.6 is 0 Å². The van der Waals surface area contributed by atoms with Crippen molar-refractivity contribution in [2.75, 3.05) is 19.0 Å². The van der Waals surface area contributed by atoms with Crippen LogP contribution in [0, 0.1) is 0 Å². The quantitative estimate of drug-likeness (QED) is 0.389. The standard InChI is InChI=1S/C27H29N7O3/c1-27(2,25(36)37-3)21-5-4-6-22(31-21)34-23-20(24(35)33(34)19-9-10-19)15-29-26(32-23)30-18-8-7-16-11-12-28-14-17(16)13-18/h4-8,13,15,19,28H,9-12,14H2,1-3H3,(H,29,30,32). The molecule has 3 aromatic heterocycles. The van der Waals surface area contributed by atoms with Crippen LogP contribution in [0.4, 0.5) is 11.6 Å². The summed E-state index contributed by atoms with van der Waals surface area (Å²) in [7, 11) is 1.36. The monoisotopic (exact) mass is 499 g/mol. The van der Waals surface area contributed by atoms with E-state index in [2.05, 4.69) is 27.8 Å². The van der Waals surface area contributed by atoms with Crippen LogP contribution in [0.1, 0.15) is 49.6 Å². The third kappa shape index (κ3) is 4.07. The number of rotatable bonds is 6. The van der Waals surface area contributed by atoms with E-state index in [9.17, 15) is 9.59 Å². The van der Waals surface area contributed by atoms with E-state index in [1.807, 2.05) is 18.2 Å². The summed E-state index contributed by atoms with van der Waals surface area (Å²) in [6, 6.07) is 11.8. The molecule has 1 aliphatic carbocycles. The second-order valence-corrected chi connectivity index (χ2v) is 10.2. The Labute approximate surface area is 213 Å². The number of methoxy groups -OCH3 is 1. The highest BCUT2D eigenvalue weighted by atomic mass is 16.5. The molecule has 10 heteroatoms. The lowest BCUT2D eigenvalue weighted by molar-refractivity contribution is -0.146. The minimum Gasteiger partial charge on any atom is -0.468 e. The molecule has 0 radical (unpaired) electrons. The molecule has 0 spiro atoms. The topological polar surface area (TPSA) is 116 Å². The zero-order valence-electron chi connectivity index (χ0n) is 21.1. The van der Waals surface area contributed by atoms with E-state index in [0.717, 1.165) is 38.0 Å². The Kier molecular flexibility index (Phi) is 5.56. The van der Waals surface area contributed by atoms with Crippen LogP contribution in [-0.4, -0.2) is 43.9 Å². The highest BCUT2D eigenvalue weighted by molar-refractivity contribution is 5.81. The van der Waals surface area contributed by atoms with Crippen molar-refractivity contribution in [3.05, 3.63) is 69.8 Å². The molecule has 2 N–H and O–H groups in total. The highest BCUT2D eigenvalue weighted by Crippen LogP contribution is 2.36. The van der Waals surface area contributed by atoms with E-state index in [1.165, 1.54) is 18.2 Å². The average molecular weight is 500 g/mol. The number of fused-ring (bicyclic) bond motifs is 2. The van der Waals surface area contributed by atoms with Gasteiger partial charge in [-0.1, -0.05) is 12.1 Å². The summed E-state index contributed by atoms with van der Waals surface area (Å²) in [5.41, 5.74) is 3.39. The van der Waals surface area contributed by atoms with E-state index in [0.29, 0.717) is 28.5 Å². The maximum atomic E-state index is 13.4. The molecule has 1 aliphatic heterocycles. The SMILES string of the molecule is COC(=O)C(C)(C)c1cccc(-n2c3nc(Nc4ccc5c(c4)CNCC5)ncc3c(=O)n2C2CC2)n1. The summed E-state index contributed by atoms with van der Waals surface area (Å²) in [6.45, 7) is 5.36. The van der Waals surface area contributed by atoms with Crippen LogP contribution in [0.25, 0.3) is 16.9 Å². The number of nitrogens with zero attached hydrogens (tertiary/aromatic N) is 5. The lowest BCUT2D eigenvalue weighted by atomic mass is 9.89. The van der Waals surface area contributed by atoms with E-state index in [-0.39, 0.29) is 17.6 Å². The molecular weight excluding hydrogens is 470 g/mol. The van der Waals surface area contributed by atoms with Gasteiger partial charge in [0.2, 0.25) is 5.95 Å². The molecule has 37 heavy (non-hydrogen) atoms. The summed E-state index contributed by atoms with van der Waals surface area (Å²) >= 11 is 0. The highest BCUT2D eigenvalue weighted by Gasteiger charge is 2.34. The van der Waals surface area contributed by atoms with Gasteiger partial charge in [0.25, 0.3) is 5.56 Å². The molecule has 4 heterocycles. The van der Waals surface area contributed by atoms with Crippen LogP contribution in [0.15, 0.2) is 47.4 Å². The van der Waals surface area contributed by atoms with Crippen LogP contribution in [-0.2, 0) is 27.9 Å². The molecule has 1 saturated carbocycles. The van der Waals surface area contributed by atoms with Gasteiger partial charge in [-0.25, -0.2) is 19.3 Å². The smallest absolute Gasteiger partial charge is 0.317 e. The van der Waals surface area contributed by atoms with Crippen molar-refractivity contribution in [1.82, 2.24) is 29.6 Å². The zero-order chi connectivity index (χ0) is 25.7. The Balaban J connectivity index is 1.45. The first kappa shape index (κ1) is 23.4. The fourth-order valence-corrected chi connectivity index (χ4v) is 4.87. The number of ether oxygens (including phenoxy) is 1. The van der Waals surface area contributed by atoms with Crippen molar-refractivity contribution in [1.29, 1.82) is 0 Å². The van der Waals surface area contributed by atoms with Gasteiger partial charge in [0.15, 0.2) is 11.5 Å². The molecule has 0 unspecified atom stereocenters. The average Bonchev–Trinajstić information content (AvgIpc) is 3.71. The Bertz CT molecular complexity index is 1580. The second kappa shape index (κ2) is 8.81. The molecular formula is C27H29N7O3. The van der Waals surface area contributed by atoms with Crippen molar-refractivity contribution >= 4 is 28.6 Å². The van der Waals surface area contributed by atoms with Gasteiger partial charge in [0.05, 0.1) is 18.8 Å². The lowest BCUT2D eigenvalue weighted by Crippen LogP contribution is -2.32. The van der Waals surface area contributed by atoms with Crippen LogP contribution < -0.4 is 16.2 Å². The van der Waals surface area contributed by atoms with E-state index >= 15 is 0 Å². The van der Waals surface area contributed by atoms with Crippen molar-refractivity contribution in [3.63, 3.8) is 0 Å². The Morgan fingerprint density at radius 2 is 2.00 bits per heavy atom. The molecule has 6 rings (SSSR count). The van der Waals surface area contributed by atoms with Crippen molar-refractivity contribution < 1.29 is 9.53 Å². The number of esters is 1. The predicted octanol–water partition coefficient (Wildman–Crippen LogP) is 3.15. The lowest BCUT2D eigenvalue weighted by Gasteiger charge is -2.22. The summed E-state index contributed by atoms with van der Waals surface area (Å²) in [5, 5.41) is 7.12. The minimum absolute atomic E-state index is 0.0744. The van der Waals surface area contributed by atoms with Crippen molar-refractivity contribution in [3.8, 4) is 5.82 Å². The normalized spacial score (nSPS) is 15.4. The number of aromatic nitrogens is 5. The number of pyridine rings is 1. The number of carbonyl (C=O) groups excluding carboxylic acids is 1. The molecule has 0 saturated heterocycles. The summed E-state index contributed by atoms with van der Waals surface area (Å²) in [5.74, 6) is 0.519. The van der Waals surface area contributed by atoms with Gasteiger partial charge in [-0.05, 0) is 75.0 Å². The van der Waals surface area contributed by atoms with Crippen LogP contribution in [0.2, 0.25) is 0 Å². The van der Waals surface area contributed by atoms with Crippen LogP contribution in [0.3, 0.4) is 0 Å². The molecule has 0 atom stereocenters. The third-order valence-corrected chi connectivity index (χ3v) is 7.15. The van der Waals surface area contributed by atoms with E-state index < -0.39 is 5.41 Å². The van der Waals surface area contributed by atoms with Crippen molar-refractivity contribution in [2.24, 2.45) is 0 Å². The maximum absolute atomic E-state index is 13.4. The number of hydrogen-bond donors (Lipinski definition) is 2. The molecule has 10 nitrogen and oxygen atoms in total. The first-order valence-electron chi connectivity index (χ1n) is 12.5. The maximum Gasteiger partial charge on any atom is 0.317 e. The number of benzene rings is 1. The molecule has 4 aromatic rings. The first-order chi connectivity index (χ1) is 17.9. The van der Waals surface area contributed by atoms with Gasteiger partial charge in [-0.2, -0.15) is 4.98 Å². The second-order valence-electron chi connectivity index (χ2n) is 10.2. The fourth-order valence-electron chi connectivity index (χ4n) is 4.87. The van der Waals surface area contributed by atoms with Gasteiger partial charge < -0.3 is 15.4 Å². The predicted molar refractivity (Wildman–Crippen MR) is 139 cm³/mol. The van der Waals surface area contributed by atoms with Gasteiger partial charge in [0.1, 0.15) is 10.8 Å². The zero-order valence-corrected chi connectivity index (χ0v) is 21.1. The van der Waals surface area contributed by atoms with Crippen molar-refractivity contribution in [2.45, 2.75) is 51.1 Å². The summed E-state index contributed by atoms with van der Waals surface area (Å²) in [6.07, 6.45) is 4.40. The molecule has 0 bridgehead atoms. The Hall–Kier alpha value is -4.05. The summed E-state index contributed by atoms with van der Waals surface area (Å²) in [4.78, 5) is 39.8. The molecule has 2 aliphatic rings. The summed E-state index contributed by atoms with van der Waals surface area (Å²) < 4.78 is 8.47. The Morgan fingerprint density at radius 3 is 2.78 bits per heavy atom. The van der Waals surface area contributed by atoms with Gasteiger partial charge in [-0.15, -0.1) is 0 Å². The molecule has 0 amide bonds.